The van der Waals surface area contributed by atoms with Gasteiger partial charge in [0.05, 0.1) is 17.2 Å². The zero-order chi connectivity index (χ0) is 23.9. The number of halogens is 2. The molecule has 0 aliphatic carbocycles. The minimum atomic E-state index is -1.01. The van der Waals surface area contributed by atoms with Crippen molar-refractivity contribution in [3.63, 3.8) is 0 Å². The third kappa shape index (κ3) is 4.12. The molecule has 1 amide bonds. The molecule has 1 fully saturated rings. The normalized spacial score (nSPS) is 17.6. The molecule has 0 bridgehead atoms. The van der Waals surface area contributed by atoms with E-state index in [1.807, 2.05) is 13.8 Å². The van der Waals surface area contributed by atoms with E-state index in [0.29, 0.717) is 34.6 Å². The molecule has 2 aromatic carbocycles. The van der Waals surface area contributed by atoms with E-state index in [1.54, 1.807) is 49.4 Å². The van der Waals surface area contributed by atoms with Crippen molar-refractivity contribution in [1.29, 1.82) is 0 Å². The number of aryl methyl sites for hydroxylation is 2. The number of anilines is 1. The lowest BCUT2D eigenvalue weighted by atomic mass is 9.99. The monoisotopic (exact) mass is 485 g/mol. The van der Waals surface area contributed by atoms with Crippen molar-refractivity contribution in [2.24, 2.45) is 0 Å². The number of ether oxygens (including phenoxy) is 1. The van der Waals surface area contributed by atoms with Gasteiger partial charge in [0.15, 0.2) is 0 Å². The number of aliphatic hydroxyl groups excluding tert-OH is 1. The zero-order valence-electron chi connectivity index (χ0n) is 18.2. The van der Waals surface area contributed by atoms with Crippen LogP contribution in [0.4, 0.5) is 5.69 Å². The molecule has 0 saturated carbocycles. The van der Waals surface area contributed by atoms with Crippen LogP contribution in [0, 0.1) is 13.8 Å². The Kier molecular flexibility index (Phi) is 6.23. The Morgan fingerprint density at radius 3 is 2.45 bits per heavy atom. The van der Waals surface area contributed by atoms with Crippen molar-refractivity contribution >= 4 is 46.3 Å². The maximum atomic E-state index is 13.2. The predicted octanol–water partition coefficient (Wildman–Crippen LogP) is 6.23. The van der Waals surface area contributed by atoms with Gasteiger partial charge in [0.2, 0.25) is 0 Å². The zero-order valence-corrected chi connectivity index (χ0v) is 19.7. The number of aliphatic hydroxyl groups is 1. The van der Waals surface area contributed by atoms with E-state index in [1.165, 1.54) is 11.0 Å². The van der Waals surface area contributed by atoms with Crippen molar-refractivity contribution in [2.45, 2.75) is 26.8 Å². The molecule has 1 aliphatic rings. The number of rotatable bonds is 5. The topological polar surface area (TPSA) is 80.0 Å². The number of hydrogen-bond acceptors (Lipinski definition) is 5. The highest BCUT2D eigenvalue weighted by Gasteiger charge is 2.48. The summed E-state index contributed by atoms with van der Waals surface area (Å²) in [6, 6.07) is 12.2. The minimum absolute atomic E-state index is 0.137. The van der Waals surface area contributed by atoms with Crippen LogP contribution in [0.15, 0.2) is 58.5 Å². The predicted molar refractivity (Wildman–Crippen MR) is 127 cm³/mol. The summed E-state index contributed by atoms with van der Waals surface area (Å²) in [5.41, 5.74) is 1.26. The SMILES string of the molecule is CCOc1ccc(Cl)c(/C(O)=C2/C(=O)C(=O)N(c3ccc(C)c(Cl)c3)C2c2ccc(C)o2)c1. The molecule has 1 aromatic heterocycles. The van der Waals surface area contributed by atoms with Gasteiger partial charge in [-0.25, -0.2) is 0 Å². The minimum Gasteiger partial charge on any atom is -0.507 e. The molecule has 8 heteroatoms. The maximum Gasteiger partial charge on any atom is 0.300 e. The van der Waals surface area contributed by atoms with Crippen LogP contribution in [0.5, 0.6) is 5.75 Å². The van der Waals surface area contributed by atoms with Gasteiger partial charge in [-0.15, -0.1) is 0 Å². The Morgan fingerprint density at radius 2 is 1.82 bits per heavy atom. The summed E-state index contributed by atoms with van der Waals surface area (Å²) in [6.45, 7) is 5.82. The molecule has 1 saturated heterocycles. The van der Waals surface area contributed by atoms with Crippen LogP contribution >= 0.6 is 23.2 Å². The smallest absolute Gasteiger partial charge is 0.300 e. The summed E-state index contributed by atoms with van der Waals surface area (Å²) in [5, 5.41) is 11.9. The van der Waals surface area contributed by atoms with E-state index in [2.05, 4.69) is 0 Å². The van der Waals surface area contributed by atoms with Gasteiger partial charge in [0, 0.05) is 16.3 Å². The fourth-order valence-electron chi connectivity index (χ4n) is 3.79. The Labute approximate surface area is 201 Å². The number of carbonyl (C=O) groups is 2. The van der Waals surface area contributed by atoms with E-state index in [9.17, 15) is 14.7 Å². The first-order chi connectivity index (χ1) is 15.7. The number of Topliss-reactive ketones (excluding diaryl/α,β-unsaturated/α-hetero) is 1. The molecule has 0 radical (unpaired) electrons. The molecule has 33 heavy (non-hydrogen) atoms. The molecular weight excluding hydrogens is 465 g/mol. The standard InChI is InChI=1S/C25H21Cl2NO5/c1-4-32-16-8-9-18(26)17(12-16)23(29)21-22(20-10-6-14(3)33-20)28(25(31)24(21)30)15-7-5-13(2)19(27)11-15/h5-12,22,29H,4H2,1-3H3/b23-21-. The van der Waals surface area contributed by atoms with Crippen LogP contribution in [0.3, 0.4) is 0 Å². The van der Waals surface area contributed by atoms with E-state index in [0.717, 1.165) is 5.56 Å². The number of hydrogen-bond donors (Lipinski definition) is 1. The molecular formula is C25H21Cl2NO5. The molecule has 170 valence electrons. The van der Waals surface area contributed by atoms with Crippen LogP contribution in [0.1, 0.15) is 35.6 Å². The summed E-state index contributed by atoms with van der Waals surface area (Å²) in [5.74, 6) is -0.710. The first-order valence-corrected chi connectivity index (χ1v) is 11.0. The lowest BCUT2D eigenvalue weighted by Crippen LogP contribution is -2.29. The highest BCUT2D eigenvalue weighted by molar-refractivity contribution is 6.52. The van der Waals surface area contributed by atoms with Crippen LogP contribution in [-0.2, 0) is 9.59 Å². The molecule has 1 aliphatic heterocycles. The molecule has 0 spiro atoms. The summed E-state index contributed by atoms with van der Waals surface area (Å²) in [6.07, 6.45) is 0. The van der Waals surface area contributed by atoms with Crippen molar-refractivity contribution in [3.05, 3.63) is 86.8 Å². The first kappa shape index (κ1) is 23.0. The highest BCUT2D eigenvalue weighted by Crippen LogP contribution is 2.44. The average Bonchev–Trinajstić information content (AvgIpc) is 3.32. The second kappa shape index (κ2) is 8.96. The molecule has 4 rings (SSSR count). The van der Waals surface area contributed by atoms with E-state index < -0.39 is 23.5 Å². The summed E-state index contributed by atoms with van der Waals surface area (Å²) >= 11 is 12.6. The number of nitrogens with zero attached hydrogens (tertiary/aromatic N) is 1. The lowest BCUT2D eigenvalue weighted by molar-refractivity contribution is -0.132. The number of amides is 1. The van der Waals surface area contributed by atoms with Crippen LogP contribution in [0.25, 0.3) is 5.76 Å². The Morgan fingerprint density at radius 1 is 1.06 bits per heavy atom. The van der Waals surface area contributed by atoms with Gasteiger partial charge in [-0.1, -0.05) is 29.3 Å². The number of furan rings is 1. The van der Waals surface area contributed by atoms with Crippen LogP contribution in [-0.4, -0.2) is 23.4 Å². The second-order valence-electron chi connectivity index (χ2n) is 7.63. The number of benzene rings is 2. The Bertz CT molecular complexity index is 1290. The van der Waals surface area contributed by atoms with Crippen molar-refractivity contribution in [2.75, 3.05) is 11.5 Å². The van der Waals surface area contributed by atoms with E-state index >= 15 is 0 Å². The number of carbonyl (C=O) groups excluding carboxylic acids is 2. The fourth-order valence-corrected chi connectivity index (χ4v) is 4.17. The van der Waals surface area contributed by atoms with Gasteiger partial charge in [-0.05, 0) is 68.8 Å². The van der Waals surface area contributed by atoms with Crippen molar-refractivity contribution in [3.8, 4) is 5.75 Å². The Balaban J connectivity index is 1.95. The largest absolute Gasteiger partial charge is 0.507 e. The molecule has 3 aromatic rings. The number of ketones is 1. The van der Waals surface area contributed by atoms with Crippen LogP contribution in [0.2, 0.25) is 10.0 Å². The quantitative estimate of drug-likeness (QED) is 0.263. The second-order valence-corrected chi connectivity index (χ2v) is 8.44. The van der Waals surface area contributed by atoms with E-state index in [-0.39, 0.29) is 16.2 Å². The first-order valence-electron chi connectivity index (χ1n) is 10.3. The van der Waals surface area contributed by atoms with Gasteiger partial charge < -0.3 is 14.3 Å². The van der Waals surface area contributed by atoms with Crippen molar-refractivity contribution < 1.29 is 23.8 Å². The third-order valence-electron chi connectivity index (χ3n) is 5.41. The van der Waals surface area contributed by atoms with Gasteiger partial charge in [-0.3, -0.25) is 14.5 Å². The molecule has 1 N–H and O–H groups in total. The van der Waals surface area contributed by atoms with Gasteiger partial charge >= 0.3 is 0 Å². The average molecular weight is 486 g/mol. The van der Waals surface area contributed by atoms with Gasteiger partial charge in [0.25, 0.3) is 11.7 Å². The third-order valence-corrected chi connectivity index (χ3v) is 6.15. The Hall–Kier alpha value is -3.22. The molecule has 1 atom stereocenters. The van der Waals surface area contributed by atoms with Gasteiger partial charge in [0.1, 0.15) is 29.1 Å². The van der Waals surface area contributed by atoms with Gasteiger partial charge in [-0.2, -0.15) is 0 Å². The van der Waals surface area contributed by atoms with Crippen molar-refractivity contribution in [1.82, 2.24) is 0 Å². The molecule has 2 heterocycles. The lowest BCUT2D eigenvalue weighted by Gasteiger charge is -2.24. The van der Waals surface area contributed by atoms with Crippen LogP contribution < -0.4 is 9.64 Å². The van der Waals surface area contributed by atoms with E-state index in [4.69, 9.17) is 32.4 Å². The molecule has 1 unspecified atom stereocenters. The highest BCUT2D eigenvalue weighted by atomic mass is 35.5. The summed E-state index contributed by atoms with van der Waals surface area (Å²) < 4.78 is 11.3. The molecule has 6 nitrogen and oxygen atoms in total. The summed E-state index contributed by atoms with van der Waals surface area (Å²) in [4.78, 5) is 27.7. The summed E-state index contributed by atoms with van der Waals surface area (Å²) in [7, 11) is 0. The fraction of sp³-hybridized carbons (Fsp3) is 0.200. The maximum absolute atomic E-state index is 13.2.